The summed E-state index contributed by atoms with van der Waals surface area (Å²) in [4.78, 5) is 0. The zero-order valence-electron chi connectivity index (χ0n) is 10.2. The van der Waals surface area contributed by atoms with E-state index in [0.717, 1.165) is 17.7 Å². The van der Waals surface area contributed by atoms with Gasteiger partial charge in [-0.2, -0.15) is 5.26 Å². The first kappa shape index (κ1) is 11.5. The second-order valence-electron chi connectivity index (χ2n) is 4.21. The van der Waals surface area contributed by atoms with Gasteiger partial charge in [0.1, 0.15) is 17.4 Å². The number of nitrogens with two attached hydrogens (primary N) is 1. The molecule has 0 aliphatic carbocycles. The highest BCUT2D eigenvalue weighted by Gasteiger charge is 2.14. The van der Waals surface area contributed by atoms with Crippen LogP contribution in [-0.2, 0) is 0 Å². The van der Waals surface area contributed by atoms with Crippen molar-refractivity contribution in [1.82, 2.24) is 0 Å². The number of nitrogens with zero attached hydrogens (tertiary/aromatic N) is 1. The lowest BCUT2D eigenvalue weighted by Gasteiger charge is -2.07. The molecule has 2 aromatic rings. The van der Waals surface area contributed by atoms with Crippen molar-refractivity contribution in [3.63, 3.8) is 0 Å². The van der Waals surface area contributed by atoms with Crippen molar-refractivity contribution >= 4 is 5.88 Å². The maximum Gasteiger partial charge on any atom is 0.208 e. The van der Waals surface area contributed by atoms with Crippen molar-refractivity contribution in [2.24, 2.45) is 0 Å². The summed E-state index contributed by atoms with van der Waals surface area (Å²) in [6, 6.07) is 9.12. The van der Waals surface area contributed by atoms with Gasteiger partial charge >= 0.3 is 0 Å². The highest BCUT2D eigenvalue weighted by atomic mass is 16.5. The first-order chi connectivity index (χ1) is 9.28. The predicted octanol–water partition coefficient (Wildman–Crippen LogP) is 2.56. The van der Waals surface area contributed by atoms with Crippen molar-refractivity contribution in [3.05, 3.63) is 29.8 Å². The van der Waals surface area contributed by atoms with Crippen molar-refractivity contribution in [2.75, 3.05) is 18.9 Å². The molecule has 96 valence electrons. The van der Waals surface area contributed by atoms with Crippen LogP contribution in [0.1, 0.15) is 12.0 Å². The van der Waals surface area contributed by atoms with E-state index < -0.39 is 0 Å². The molecule has 0 spiro atoms. The van der Waals surface area contributed by atoms with E-state index in [4.69, 9.17) is 24.9 Å². The summed E-state index contributed by atoms with van der Waals surface area (Å²) in [7, 11) is 0. The van der Waals surface area contributed by atoms with Gasteiger partial charge < -0.3 is 19.6 Å². The molecule has 0 fully saturated rings. The molecule has 0 bridgehead atoms. The van der Waals surface area contributed by atoms with Crippen molar-refractivity contribution in [2.45, 2.75) is 6.42 Å². The SMILES string of the molecule is N#Cc1cc(-c2ccc3c(c2)OCCCO3)oc1N. The third kappa shape index (κ3) is 2.08. The molecule has 0 unspecified atom stereocenters. The average molecular weight is 256 g/mol. The van der Waals surface area contributed by atoms with Crippen LogP contribution in [0.4, 0.5) is 5.88 Å². The smallest absolute Gasteiger partial charge is 0.208 e. The van der Waals surface area contributed by atoms with Crippen LogP contribution in [0, 0.1) is 11.3 Å². The quantitative estimate of drug-likeness (QED) is 0.847. The van der Waals surface area contributed by atoms with Crippen LogP contribution >= 0.6 is 0 Å². The molecule has 0 saturated heterocycles. The number of benzene rings is 1. The molecule has 0 amide bonds. The molecule has 1 aromatic carbocycles. The largest absolute Gasteiger partial charge is 0.490 e. The molecule has 5 heteroatoms. The van der Waals surface area contributed by atoms with Crippen LogP contribution in [0.2, 0.25) is 0 Å². The monoisotopic (exact) mass is 256 g/mol. The van der Waals surface area contributed by atoms with E-state index in [-0.39, 0.29) is 5.88 Å². The van der Waals surface area contributed by atoms with Crippen LogP contribution in [0.5, 0.6) is 11.5 Å². The summed E-state index contributed by atoms with van der Waals surface area (Å²) in [6.07, 6.45) is 0.857. The topological polar surface area (TPSA) is 81.4 Å². The Labute approximate surface area is 110 Å². The van der Waals surface area contributed by atoms with Crippen LogP contribution in [-0.4, -0.2) is 13.2 Å². The second-order valence-corrected chi connectivity index (χ2v) is 4.21. The van der Waals surface area contributed by atoms with Crippen LogP contribution in [0.25, 0.3) is 11.3 Å². The highest BCUT2D eigenvalue weighted by molar-refractivity contribution is 5.67. The maximum absolute atomic E-state index is 8.87. The molecule has 1 aliphatic rings. The Morgan fingerprint density at radius 1 is 1.11 bits per heavy atom. The first-order valence-electron chi connectivity index (χ1n) is 5.97. The van der Waals surface area contributed by atoms with Crippen LogP contribution < -0.4 is 15.2 Å². The zero-order valence-corrected chi connectivity index (χ0v) is 10.2. The van der Waals surface area contributed by atoms with E-state index in [2.05, 4.69) is 0 Å². The van der Waals surface area contributed by atoms with E-state index in [1.54, 1.807) is 6.07 Å². The molecule has 5 nitrogen and oxygen atoms in total. The van der Waals surface area contributed by atoms with Gasteiger partial charge in [-0.3, -0.25) is 0 Å². The number of rotatable bonds is 1. The van der Waals surface area contributed by atoms with E-state index in [9.17, 15) is 0 Å². The fourth-order valence-corrected chi connectivity index (χ4v) is 1.95. The molecule has 19 heavy (non-hydrogen) atoms. The van der Waals surface area contributed by atoms with Crippen LogP contribution in [0.15, 0.2) is 28.7 Å². The van der Waals surface area contributed by atoms with Gasteiger partial charge in [-0.05, 0) is 18.2 Å². The summed E-state index contributed by atoms with van der Waals surface area (Å²) < 4.78 is 16.5. The lowest BCUT2D eigenvalue weighted by Crippen LogP contribution is -1.97. The molecule has 3 rings (SSSR count). The van der Waals surface area contributed by atoms with Gasteiger partial charge in [0.25, 0.3) is 0 Å². The molecule has 1 aromatic heterocycles. The van der Waals surface area contributed by atoms with Gasteiger partial charge in [-0.15, -0.1) is 0 Å². The molecule has 0 saturated carbocycles. The second kappa shape index (κ2) is 4.58. The molecule has 1 aliphatic heterocycles. The van der Waals surface area contributed by atoms with E-state index >= 15 is 0 Å². The van der Waals surface area contributed by atoms with Gasteiger partial charge in [-0.1, -0.05) is 0 Å². The van der Waals surface area contributed by atoms with Crippen molar-refractivity contribution < 1.29 is 13.9 Å². The number of nitriles is 1. The summed E-state index contributed by atoms with van der Waals surface area (Å²) in [5.41, 5.74) is 6.75. The van der Waals surface area contributed by atoms with E-state index in [0.29, 0.717) is 30.3 Å². The van der Waals surface area contributed by atoms with Crippen molar-refractivity contribution in [3.8, 4) is 28.9 Å². The predicted molar refractivity (Wildman–Crippen MR) is 68.9 cm³/mol. The molecular formula is C14H12N2O3. The number of hydrogen-bond acceptors (Lipinski definition) is 5. The van der Waals surface area contributed by atoms with Crippen molar-refractivity contribution in [1.29, 1.82) is 5.26 Å². The maximum atomic E-state index is 8.87. The molecule has 0 atom stereocenters. The third-order valence-electron chi connectivity index (χ3n) is 2.91. The van der Waals surface area contributed by atoms with Gasteiger partial charge in [-0.25, -0.2) is 0 Å². The fourth-order valence-electron chi connectivity index (χ4n) is 1.95. The van der Waals surface area contributed by atoms with Gasteiger partial charge in [0.2, 0.25) is 5.88 Å². The lowest BCUT2D eigenvalue weighted by molar-refractivity contribution is 0.297. The lowest BCUT2D eigenvalue weighted by atomic mass is 10.1. The molecule has 2 heterocycles. The average Bonchev–Trinajstić information content (AvgIpc) is 2.66. The third-order valence-corrected chi connectivity index (χ3v) is 2.91. The number of furan rings is 1. The summed E-state index contributed by atoms with van der Waals surface area (Å²) in [5, 5.41) is 8.87. The standard InChI is InChI=1S/C14H12N2O3/c15-8-10-7-12(19-14(10)16)9-2-3-11-13(6-9)18-5-1-4-17-11/h2-3,6-7H,1,4-5,16H2. The van der Waals surface area contributed by atoms with E-state index in [1.165, 1.54) is 0 Å². The van der Waals surface area contributed by atoms with Gasteiger partial charge in [0.05, 0.1) is 13.2 Å². The number of nitrogen functional groups attached to an aromatic ring is 1. The number of anilines is 1. The van der Waals surface area contributed by atoms with Gasteiger partial charge in [0.15, 0.2) is 11.5 Å². The summed E-state index contributed by atoms with van der Waals surface area (Å²) in [6.45, 7) is 1.28. The normalized spacial score (nSPS) is 13.6. The molecular weight excluding hydrogens is 244 g/mol. The Hall–Kier alpha value is -2.61. The minimum Gasteiger partial charge on any atom is -0.490 e. The van der Waals surface area contributed by atoms with Gasteiger partial charge in [0, 0.05) is 18.1 Å². The number of fused-ring (bicyclic) bond motifs is 1. The fraction of sp³-hybridized carbons (Fsp3) is 0.214. The first-order valence-corrected chi connectivity index (χ1v) is 5.97. The minimum absolute atomic E-state index is 0.129. The Bertz CT molecular complexity index is 655. The number of hydrogen-bond donors (Lipinski definition) is 1. The van der Waals surface area contributed by atoms with E-state index in [1.807, 2.05) is 24.3 Å². The molecule has 0 radical (unpaired) electrons. The Morgan fingerprint density at radius 3 is 2.63 bits per heavy atom. The summed E-state index contributed by atoms with van der Waals surface area (Å²) in [5.74, 6) is 2.08. The Balaban J connectivity index is 2.01. The van der Waals surface area contributed by atoms with Crippen LogP contribution in [0.3, 0.4) is 0 Å². The Morgan fingerprint density at radius 2 is 1.89 bits per heavy atom. The summed E-state index contributed by atoms with van der Waals surface area (Å²) >= 11 is 0. The number of ether oxygens (including phenoxy) is 2. The molecule has 2 N–H and O–H groups in total. The zero-order chi connectivity index (χ0) is 13.2. The Kier molecular flexibility index (Phi) is 2.76. The highest BCUT2D eigenvalue weighted by Crippen LogP contribution is 2.35. The minimum atomic E-state index is 0.129.